The summed E-state index contributed by atoms with van der Waals surface area (Å²) in [6.07, 6.45) is -9.90. The largest absolute Gasteiger partial charge is 0.573 e. The van der Waals surface area contributed by atoms with Crippen LogP contribution in [0.25, 0.3) is 0 Å². The molecular formula is C14H17F6NO2. The average molecular weight is 345 g/mol. The zero-order valence-corrected chi connectivity index (χ0v) is 12.9. The summed E-state index contributed by atoms with van der Waals surface area (Å²) in [4.78, 5) is 0. The van der Waals surface area contributed by atoms with Crippen molar-refractivity contribution in [2.45, 2.75) is 39.5 Å². The fourth-order valence-corrected chi connectivity index (χ4v) is 2.22. The van der Waals surface area contributed by atoms with Crippen molar-refractivity contribution in [3.63, 3.8) is 0 Å². The Morgan fingerprint density at radius 3 is 1.83 bits per heavy atom. The molecule has 0 radical (unpaired) electrons. The molecule has 1 N–H and O–H groups in total. The van der Waals surface area contributed by atoms with Crippen molar-refractivity contribution in [1.29, 1.82) is 0 Å². The van der Waals surface area contributed by atoms with Gasteiger partial charge in [0.05, 0.1) is 0 Å². The summed E-state index contributed by atoms with van der Waals surface area (Å²) in [5, 5.41) is 2.79. The molecule has 0 heterocycles. The van der Waals surface area contributed by atoms with Gasteiger partial charge in [0.25, 0.3) is 0 Å². The predicted molar refractivity (Wildman–Crippen MR) is 71.1 cm³/mol. The van der Waals surface area contributed by atoms with Gasteiger partial charge in [-0.1, -0.05) is 20.8 Å². The fourth-order valence-electron chi connectivity index (χ4n) is 2.22. The molecule has 0 saturated carbocycles. The van der Waals surface area contributed by atoms with Crippen LogP contribution in [-0.4, -0.2) is 19.8 Å². The van der Waals surface area contributed by atoms with Gasteiger partial charge in [0, 0.05) is 11.6 Å². The topological polar surface area (TPSA) is 30.5 Å². The third-order valence-electron chi connectivity index (χ3n) is 2.91. The monoisotopic (exact) mass is 345 g/mol. The average Bonchev–Trinajstić information content (AvgIpc) is 2.27. The third kappa shape index (κ3) is 6.17. The van der Waals surface area contributed by atoms with E-state index in [1.165, 1.54) is 7.05 Å². The van der Waals surface area contributed by atoms with Crippen molar-refractivity contribution in [1.82, 2.24) is 5.32 Å². The lowest BCUT2D eigenvalue weighted by molar-refractivity contribution is -0.277. The molecule has 0 spiro atoms. The van der Waals surface area contributed by atoms with Crippen LogP contribution in [0.5, 0.6) is 11.5 Å². The van der Waals surface area contributed by atoms with Crippen LogP contribution in [0.1, 0.15) is 32.4 Å². The van der Waals surface area contributed by atoms with Gasteiger partial charge in [0.15, 0.2) is 0 Å². The molecule has 0 aliphatic heterocycles. The molecule has 9 heteroatoms. The Morgan fingerprint density at radius 2 is 1.43 bits per heavy atom. The van der Waals surface area contributed by atoms with Crippen LogP contribution >= 0.6 is 0 Å². The van der Waals surface area contributed by atoms with Gasteiger partial charge < -0.3 is 14.8 Å². The normalized spacial score (nSPS) is 14.5. The number of ether oxygens (including phenoxy) is 2. The first-order chi connectivity index (χ1) is 10.2. The van der Waals surface area contributed by atoms with Crippen molar-refractivity contribution >= 4 is 0 Å². The van der Waals surface area contributed by atoms with Crippen LogP contribution in [-0.2, 0) is 0 Å². The molecule has 0 aliphatic carbocycles. The van der Waals surface area contributed by atoms with E-state index in [9.17, 15) is 26.3 Å². The second-order valence-corrected chi connectivity index (χ2v) is 5.88. The third-order valence-corrected chi connectivity index (χ3v) is 2.91. The quantitative estimate of drug-likeness (QED) is 0.796. The Bertz CT molecular complexity index is 534. The van der Waals surface area contributed by atoms with Gasteiger partial charge >= 0.3 is 12.7 Å². The van der Waals surface area contributed by atoms with E-state index in [4.69, 9.17) is 0 Å². The molecule has 3 nitrogen and oxygen atoms in total. The van der Waals surface area contributed by atoms with Crippen molar-refractivity contribution in [3.05, 3.63) is 23.8 Å². The smallest absolute Gasteiger partial charge is 0.406 e. The highest BCUT2D eigenvalue weighted by Gasteiger charge is 2.36. The van der Waals surface area contributed by atoms with Gasteiger partial charge in [-0.15, -0.1) is 26.3 Å². The zero-order chi connectivity index (χ0) is 18.1. The minimum atomic E-state index is -4.96. The number of rotatable bonds is 4. The molecule has 1 aromatic carbocycles. The first kappa shape index (κ1) is 19.4. The highest BCUT2D eigenvalue weighted by molar-refractivity contribution is 5.43. The maximum atomic E-state index is 12.5. The van der Waals surface area contributed by atoms with E-state index in [0.29, 0.717) is 0 Å². The van der Waals surface area contributed by atoms with Crippen LogP contribution in [0.4, 0.5) is 26.3 Å². The van der Waals surface area contributed by atoms with Gasteiger partial charge in [-0.05, 0) is 30.7 Å². The Labute approximate surface area is 129 Å². The van der Waals surface area contributed by atoms with Crippen LogP contribution in [0.15, 0.2) is 18.2 Å². The second-order valence-electron chi connectivity index (χ2n) is 5.88. The van der Waals surface area contributed by atoms with Gasteiger partial charge in [-0.3, -0.25) is 0 Å². The Hall–Kier alpha value is -1.64. The molecule has 1 rings (SSSR count). The molecule has 0 fully saturated rings. The summed E-state index contributed by atoms with van der Waals surface area (Å²) >= 11 is 0. The van der Waals surface area contributed by atoms with E-state index in [0.717, 1.165) is 18.2 Å². The fraction of sp³-hybridized carbons (Fsp3) is 0.571. The molecule has 0 bridgehead atoms. The van der Waals surface area contributed by atoms with E-state index in [1.807, 2.05) is 0 Å². The van der Waals surface area contributed by atoms with Gasteiger partial charge in [0.1, 0.15) is 11.5 Å². The summed E-state index contributed by atoms with van der Waals surface area (Å²) in [6, 6.07) is 1.77. The van der Waals surface area contributed by atoms with E-state index < -0.39 is 35.7 Å². The molecule has 1 atom stereocenters. The number of hydrogen-bond donors (Lipinski definition) is 1. The maximum Gasteiger partial charge on any atom is 0.573 e. The SMILES string of the molecule is CNC(c1cc(OC(F)(F)F)ccc1OC(F)(F)F)C(C)(C)C. The van der Waals surface area contributed by atoms with Crippen molar-refractivity contribution in [3.8, 4) is 11.5 Å². The molecule has 1 unspecified atom stereocenters. The minimum absolute atomic E-state index is 0.0842. The summed E-state index contributed by atoms with van der Waals surface area (Å²) < 4.78 is 82.1. The maximum absolute atomic E-state index is 12.5. The highest BCUT2D eigenvalue weighted by atomic mass is 19.4. The predicted octanol–water partition coefficient (Wildman–Crippen LogP) is 4.79. The molecule has 0 amide bonds. The Balaban J connectivity index is 3.36. The van der Waals surface area contributed by atoms with Crippen LogP contribution in [0, 0.1) is 5.41 Å². The van der Waals surface area contributed by atoms with E-state index in [-0.39, 0.29) is 5.56 Å². The van der Waals surface area contributed by atoms with Gasteiger partial charge in [-0.2, -0.15) is 0 Å². The molecule has 0 aromatic heterocycles. The Kier molecular flexibility index (Phi) is 5.45. The van der Waals surface area contributed by atoms with E-state index in [2.05, 4.69) is 14.8 Å². The first-order valence-corrected chi connectivity index (χ1v) is 6.55. The molecule has 0 aliphatic rings. The number of nitrogens with one attached hydrogen (secondary N) is 1. The van der Waals surface area contributed by atoms with Crippen molar-refractivity contribution in [2.24, 2.45) is 5.41 Å². The van der Waals surface area contributed by atoms with Crippen LogP contribution in [0.3, 0.4) is 0 Å². The molecule has 0 saturated heterocycles. The molecule has 1 aromatic rings. The van der Waals surface area contributed by atoms with Crippen LogP contribution < -0.4 is 14.8 Å². The summed E-state index contributed by atoms with van der Waals surface area (Å²) in [5.41, 5.74) is -0.672. The number of halogens is 6. The Morgan fingerprint density at radius 1 is 0.913 bits per heavy atom. The lowest BCUT2D eigenvalue weighted by Crippen LogP contribution is -2.31. The number of benzene rings is 1. The number of hydrogen-bond acceptors (Lipinski definition) is 3. The molecule has 132 valence electrons. The van der Waals surface area contributed by atoms with Crippen molar-refractivity contribution in [2.75, 3.05) is 7.05 Å². The minimum Gasteiger partial charge on any atom is -0.406 e. The van der Waals surface area contributed by atoms with Crippen molar-refractivity contribution < 1.29 is 35.8 Å². The zero-order valence-electron chi connectivity index (χ0n) is 12.9. The number of alkyl halides is 6. The standard InChI is InChI=1S/C14H17F6NO2/c1-12(2,3)11(21-4)9-7-8(22-13(15,16)17)5-6-10(9)23-14(18,19)20/h5-7,11,21H,1-4H3. The first-order valence-electron chi connectivity index (χ1n) is 6.55. The van der Waals surface area contributed by atoms with Gasteiger partial charge in [0.2, 0.25) is 0 Å². The lowest BCUT2D eigenvalue weighted by Gasteiger charge is -2.32. The molecule has 23 heavy (non-hydrogen) atoms. The van der Waals surface area contributed by atoms with E-state index in [1.54, 1.807) is 20.8 Å². The van der Waals surface area contributed by atoms with Gasteiger partial charge in [-0.25, -0.2) is 0 Å². The van der Waals surface area contributed by atoms with Crippen LogP contribution in [0.2, 0.25) is 0 Å². The highest BCUT2D eigenvalue weighted by Crippen LogP contribution is 2.41. The van der Waals surface area contributed by atoms with E-state index >= 15 is 0 Å². The second kappa shape index (κ2) is 6.46. The lowest BCUT2D eigenvalue weighted by atomic mass is 9.82. The summed E-state index contributed by atoms with van der Waals surface area (Å²) in [6.45, 7) is 5.18. The summed E-state index contributed by atoms with van der Waals surface area (Å²) in [7, 11) is 1.49. The summed E-state index contributed by atoms with van der Waals surface area (Å²) in [5.74, 6) is -1.20. The molecular weight excluding hydrogens is 328 g/mol.